The zero-order valence-corrected chi connectivity index (χ0v) is 20.9. The first-order valence-corrected chi connectivity index (χ1v) is 13.0. The number of hydrogen-bond acceptors (Lipinski definition) is 7. The Hall–Kier alpha value is -3.11. The van der Waals surface area contributed by atoms with Crippen LogP contribution in [-0.2, 0) is 37.4 Å². The second kappa shape index (κ2) is 11.5. The number of likely N-dealkylation sites (tertiary alicyclic amines) is 1. The highest BCUT2D eigenvalue weighted by Crippen LogP contribution is 2.32. The maximum atomic E-state index is 12.6. The Morgan fingerprint density at radius 2 is 1.60 bits per heavy atom. The van der Waals surface area contributed by atoms with Gasteiger partial charge in [0.1, 0.15) is 6.61 Å². The third kappa shape index (κ3) is 6.52. The molecule has 2 atom stereocenters. The molecule has 1 saturated heterocycles. The zero-order chi connectivity index (χ0) is 25.6. The van der Waals surface area contributed by atoms with Crippen molar-refractivity contribution in [2.75, 3.05) is 19.8 Å². The Balaban J connectivity index is 1.61. The lowest BCUT2D eigenvalue weighted by Gasteiger charge is -2.46. The van der Waals surface area contributed by atoms with E-state index in [-0.39, 0.29) is 42.3 Å². The number of hydrogen-bond donors (Lipinski definition) is 1. The molecule has 1 amide bonds. The number of carbonyl (C=O) groups excluding carboxylic acids is 2. The number of rotatable bonds is 12. The van der Waals surface area contributed by atoms with Crippen LogP contribution in [0.1, 0.15) is 38.3 Å². The standard InChI is InChI=1S/C25H31NO8S/c1-4-20-21(26(25(20)28)15-17-7-10-19(11-8-17)35(29,30)31)16-34-24(27)14-18-9-12-22(32-5-2)23(13-18)33-6-3/h7-13,20-21H,4-6,14-16H2,1-3H3,(H,29,30,31)/t20-,21+/m0/s1. The summed E-state index contributed by atoms with van der Waals surface area (Å²) in [6, 6.07) is 10.7. The van der Waals surface area contributed by atoms with Crippen molar-refractivity contribution in [3.8, 4) is 11.5 Å². The van der Waals surface area contributed by atoms with Crippen molar-refractivity contribution in [1.82, 2.24) is 4.90 Å². The summed E-state index contributed by atoms with van der Waals surface area (Å²) in [6.45, 7) is 6.95. The SMILES string of the molecule is CCOc1ccc(CC(=O)OC[C@@H]2[C@H](CC)C(=O)N2Cc2ccc(S(=O)(=O)O)cc2)cc1OCC. The fourth-order valence-corrected chi connectivity index (χ4v) is 4.57. The van der Waals surface area contributed by atoms with E-state index in [9.17, 15) is 18.0 Å². The molecule has 0 unspecified atom stereocenters. The predicted molar refractivity (Wildman–Crippen MR) is 128 cm³/mol. The van der Waals surface area contributed by atoms with Gasteiger partial charge in [-0.05, 0) is 55.7 Å². The van der Waals surface area contributed by atoms with Crippen LogP contribution in [0.2, 0.25) is 0 Å². The molecular weight excluding hydrogens is 474 g/mol. The zero-order valence-electron chi connectivity index (χ0n) is 20.1. The first-order chi connectivity index (χ1) is 16.7. The fourth-order valence-electron chi connectivity index (χ4n) is 4.09. The Kier molecular flexibility index (Phi) is 8.74. The van der Waals surface area contributed by atoms with Crippen LogP contribution < -0.4 is 9.47 Å². The lowest BCUT2D eigenvalue weighted by Crippen LogP contribution is -2.62. The molecule has 9 nitrogen and oxygen atoms in total. The summed E-state index contributed by atoms with van der Waals surface area (Å²) in [5, 5.41) is 0. The highest BCUT2D eigenvalue weighted by Gasteiger charge is 2.46. The molecule has 0 saturated carbocycles. The van der Waals surface area contributed by atoms with Gasteiger partial charge >= 0.3 is 5.97 Å². The van der Waals surface area contributed by atoms with Crippen LogP contribution in [0.5, 0.6) is 11.5 Å². The highest BCUT2D eigenvalue weighted by atomic mass is 32.2. The summed E-state index contributed by atoms with van der Waals surface area (Å²) in [4.78, 5) is 26.5. The number of benzene rings is 2. The Morgan fingerprint density at radius 1 is 0.971 bits per heavy atom. The summed E-state index contributed by atoms with van der Waals surface area (Å²) < 4.78 is 48.3. The number of ether oxygens (including phenoxy) is 3. The maximum absolute atomic E-state index is 12.6. The predicted octanol–water partition coefficient (Wildman–Crippen LogP) is 3.25. The van der Waals surface area contributed by atoms with E-state index in [1.54, 1.807) is 35.2 Å². The number of nitrogens with zero attached hydrogens (tertiary/aromatic N) is 1. The van der Waals surface area contributed by atoms with E-state index in [4.69, 9.17) is 18.8 Å². The van der Waals surface area contributed by atoms with Crippen LogP contribution in [0.25, 0.3) is 0 Å². The van der Waals surface area contributed by atoms with Gasteiger partial charge in [-0.3, -0.25) is 14.1 Å². The lowest BCUT2D eigenvalue weighted by atomic mass is 9.85. The van der Waals surface area contributed by atoms with Crippen molar-refractivity contribution in [3.63, 3.8) is 0 Å². The first-order valence-electron chi connectivity index (χ1n) is 11.6. The maximum Gasteiger partial charge on any atom is 0.310 e. The van der Waals surface area contributed by atoms with Gasteiger partial charge in [-0.15, -0.1) is 0 Å². The van der Waals surface area contributed by atoms with Gasteiger partial charge in [-0.25, -0.2) is 0 Å². The van der Waals surface area contributed by atoms with E-state index in [0.29, 0.717) is 36.7 Å². The van der Waals surface area contributed by atoms with E-state index < -0.39 is 16.1 Å². The molecule has 0 spiro atoms. The lowest BCUT2D eigenvalue weighted by molar-refractivity contribution is -0.167. The molecular formula is C25H31NO8S. The molecule has 0 aliphatic carbocycles. The van der Waals surface area contributed by atoms with Gasteiger partial charge in [-0.2, -0.15) is 8.42 Å². The van der Waals surface area contributed by atoms with Gasteiger partial charge in [-0.1, -0.05) is 25.1 Å². The average Bonchev–Trinajstić information content (AvgIpc) is 2.81. The van der Waals surface area contributed by atoms with Crippen LogP contribution in [-0.4, -0.2) is 55.6 Å². The third-order valence-corrected chi connectivity index (χ3v) is 6.72. The topological polar surface area (TPSA) is 119 Å². The van der Waals surface area contributed by atoms with Gasteiger partial charge in [0, 0.05) is 6.54 Å². The smallest absolute Gasteiger partial charge is 0.310 e. The van der Waals surface area contributed by atoms with E-state index >= 15 is 0 Å². The minimum absolute atomic E-state index is 0.0414. The molecule has 35 heavy (non-hydrogen) atoms. The number of esters is 1. The minimum atomic E-state index is -4.28. The summed E-state index contributed by atoms with van der Waals surface area (Å²) in [6.07, 6.45) is 0.677. The van der Waals surface area contributed by atoms with Gasteiger partial charge in [0.15, 0.2) is 11.5 Å². The van der Waals surface area contributed by atoms with Crippen molar-refractivity contribution < 1.29 is 36.8 Å². The number of amides is 1. The molecule has 10 heteroatoms. The molecule has 1 heterocycles. The second-order valence-corrected chi connectivity index (χ2v) is 9.60. The highest BCUT2D eigenvalue weighted by molar-refractivity contribution is 7.85. The van der Waals surface area contributed by atoms with Crippen molar-refractivity contribution in [2.45, 2.75) is 51.1 Å². The Labute approximate surface area is 205 Å². The van der Waals surface area contributed by atoms with Gasteiger partial charge in [0.25, 0.3) is 10.1 Å². The van der Waals surface area contributed by atoms with Crippen LogP contribution in [0.4, 0.5) is 0 Å². The van der Waals surface area contributed by atoms with Gasteiger partial charge < -0.3 is 19.1 Å². The van der Waals surface area contributed by atoms with Crippen molar-refractivity contribution >= 4 is 22.0 Å². The third-order valence-electron chi connectivity index (χ3n) is 5.85. The molecule has 2 aromatic carbocycles. The normalized spacial score (nSPS) is 17.6. The molecule has 190 valence electrons. The average molecular weight is 506 g/mol. The van der Waals surface area contributed by atoms with Crippen molar-refractivity contribution in [2.24, 2.45) is 5.92 Å². The number of β-lactam (4-membered cyclic amide) rings is 1. The summed E-state index contributed by atoms with van der Waals surface area (Å²) in [5.74, 6) is 0.491. The first kappa shape index (κ1) is 26.5. The molecule has 0 aromatic heterocycles. The fraction of sp³-hybridized carbons (Fsp3) is 0.440. The van der Waals surface area contributed by atoms with E-state index in [1.165, 1.54) is 12.1 Å². The number of carbonyl (C=O) groups is 2. The largest absolute Gasteiger partial charge is 0.490 e. The second-order valence-electron chi connectivity index (χ2n) is 8.17. The van der Waals surface area contributed by atoms with E-state index in [1.807, 2.05) is 20.8 Å². The van der Waals surface area contributed by atoms with Crippen LogP contribution in [0, 0.1) is 5.92 Å². The molecule has 0 radical (unpaired) electrons. The summed E-state index contributed by atoms with van der Waals surface area (Å²) in [7, 11) is -4.28. The molecule has 1 aliphatic rings. The van der Waals surface area contributed by atoms with Crippen molar-refractivity contribution in [1.29, 1.82) is 0 Å². The molecule has 1 fully saturated rings. The van der Waals surface area contributed by atoms with Crippen LogP contribution in [0.3, 0.4) is 0 Å². The van der Waals surface area contributed by atoms with E-state index in [2.05, 4.69) is 0 Å². The summed E-state index contributed by atoms with van der Waals surface area (Å²) in [5.41, 5.74) is 1.43. The quantitative estimate of drug-likeness (QED) is 0.265. The van der Waals surface area contributed by atoms with Gasteiger partial charge in [0.2, 0.25) is 5.91 Å². The summed E-state index contributed by atoms with van der Waals surface area (Å²) >= 11 is 0. The Bertz CT molecular complexity index is 1150. The van der Waals surface area contributed by atoms with Crippen LogP contribution >= 0.6 is 0 Å². The Morgan fingerprint density at radius 3 is 2.20 bits per heavy atom. The molecule has 3 rings (SSSR count). The molecule has 1 N–H and O–H groups in total. The van der Waals surface area contributed by atoms with Crippen LogP contribution in [0.15, 0.2) is 47.4 Å². The minimum Gasteiger partial charge on any atom is -0.490 e. The molecule has 0 bridgehead atoms. The monoisotopic (exact) mass is 505 g/mol. The molecule has 2 aromatic rings. The molecule has 1 aliphatic heterocycles. The van der Waals surface area contributed by atoms with E-state index in [0.717, 1.165) is 5.56 Å². The van der Waals surface area contributed by atoms with Gasteiger partial charge in [0.05, 0.1) is 36.5 Å². The van der Waals surface area contributed by atoms with Crippen molar-refractivity contribution in [3.05, 3.63) is 53.6 Å².